The molecule has 0 saturated carbocycles. The topological polar surface area (TPSA) is 51.6 Å². The minimum absolute atomic E-state index is 0.0183. The number of pyridine rings is 1. The van der Waals surface area contributed by atoms with E-state index in [4.69, 9.17) is 9.47 Å². The molecule has 22 heavy (non-hydrogen) atoms. The molecule has 1 heterocycles. The summed E-state index contributed by atoms with van der Waals surface area (Å²) in [5.74, 6) is 0.539. The summed E-state index contributed by atoms with van der Waals surface area (Å²) in [7, 11) is 1.48. The number of nitrogens with zero attached hydrogens (tertiary/aromatic N) is 1. The first kappa shape index (κ1) is 16.1. The number of aliphatic hydroxyl groups excluding tert-OH is 1. The molecular weight excluding hydrogens is 299 g/mol. The highest BCUT2D eigenvalue weighted by Gasteiger charge is 2.28. The Morgan fingerprint density at radius 2 is 2.00 bits per heavy atom. The number of rotatable bonds is 5. The van der Waals surface area contributed by atoms with Gasteiger partial charge in [0, 0.05) is 18.0 Å². The normalized spacial score (nSPS) is 11.3. The van der Waals surface area contributed by atoms with Crippen molar-refractivity contribution in [2.45, 2.75) is 12.8 Å². The van der Waals surface area contributed by atoms with E-state index in [9.17, 15) is 18.3 Å². The zero-order chi connectivity index (χ0) is 16.2. The van der Waals surface area contributed by atoms with E-state index in [1.54, 1.807) is 18.3 Å². The first-order chi connectivity index (χ1) is 10.4. The van der Waals surface area contributed by atoms with Crippen molar-refractivity contribution in [3.8, 4) is 22.6 Å². The lowest BCUT2D eigenvalue weighted by Crippen LogP contribution is -2.19. The number of halogens is 3. The van der Waals surface area contributed by atoms with Gasteiger partial charge < -0.3 is 14.6 Å². The number of hydrogen-bond acceptors (Lipinski definition) is 4. The molecule has 7 heteroatoms. The van der Waals surface area contributed by atoms with Crippen LogP contribution in [0.15, 0.2) is 36.7 Å². The molecule has 1 N–H and O–H groups in total. The summed E-state index contributed by atoms with van der Waals surface area (Å²) in [6.07, 6.45) is -1.36. The summed E-state index contributed by atoms with van der Waals surface area (Å²) in [5, 5.41) is 9.26. The molecule has 4 nitrogen and oxygen atoms in total. The van der Waals surface area contributed by atoms with Gasteiger partial charge in [0.05, 0.1) is 13.7 Å². The standard InChI is InChI=1S/C15H14F3NO3/c1-21-14-2-3-19-7-13(14)11-4-10(8-20)5-12(6-11)22-9-15(16,17)18/h2-7,20H,8-9H2,1H3. The van der Waals surface area contributed by atoms with E-state index in [2.05, 4.69) is 4.98 Å². The van der Waals surface area contributed by atoms with Crippen LogP contribution in [0.2, 0.25) is 0 Å². The Bertz CT molecular complexity index is 644. The molecule has 0 amide bonds. The predicted molar refractivity (Wildman–Crippen MR) is 73.7 cm³/mol. The van der Waals surface area contributed by atoms with Crippen LogP contribution >= 0.6 is 0 Å². The molecule has 0 fully saturated rings. The van der Waals surface area contributed by atoms with Crippen LogP contribution in [0.3, 0.4) is 0 Å². The second-order valence-corrected chi connectivity index (χ2v) is 4.50. The molecule has 2 aromatic rings. The average Bonchev–Trinajstić information content (AvgIpc) is 2.52. The number of alkyl halides is 3. The van der Waals surface area contributed by atoms with E-state index in [-0.39, 0.29) is 12.4 Å². The number of hydrogen-bond donors (Lipinski definition) is 1. The Hall–Kier alpha value is -2.28. The van der Waals surface area contributed by atoms with Gasteiger partial charge >= 0.3 is 6.18 Å². The van der Waals surface area contributed by atoms with Crippen molar-refractivity contribution in [2.75, 3.05) is 13.7 Å². The highest BCUT2D eigenvalue weighted by atomic mass is 19.4. The van der Waals surface area contributed by atoms with Crippen LogP contribution in [0, 0.1) is 0 Å². The molecular formula is C15H14F3NO3. The van der Waals surface area contributed by atoms with Gasteiger partial charge in [0.2, 0.25) is 0 Å². The summed E-state index contributed by atoms with van der Waals surface area (Å²) in [4.78, 5) is 3.98. The van der Waals surface area contributed by atoms with E-state index >= 15 is 0 Å². The first-order valence-corrected chi connectivity index (χ1v) is 6.35. The van der Waals surface area contributed by atoms with E-state index in [1.165, 1.54) is 25.4 Å². The molecule has 0 spiro atoms. The average molecular weight is 313 g/mol. The minimum atomic E-state index is -4.43. The Morgan fingerprint density at radius 1 is 1.23 bits per heavy atom. The van der Waals surface area contributed by atoms with Gasteiger partial charge in [-0.05, 0) is 35.4 Å². The summed E-state index contributed by atoms with van der Waals surface area (Å²) in [6, 6.07) is 6.08. The highest BCUT2D eigenvalue weighted by Crippen LogP contribution is 2.32. The lowest BCUT2D eigenvalue weighted by molar-refractivity contribution is -0.153. The Morgan fingerprint density at radius 3 is 2.64 bits per heavy atom. The third-order valence-electron chi connectivity index (χ3n) is 2.86. The third kappa shape index (κ3) is 4.11. The lowest BCUT2D eigenvalue weighted by Gasteiger charge is -2.13. The third-order valence-corrected chi connectivity index (χ3v) is 2.86. The van der Waals surface area contributed by atoms with Gasteiger partial charge in [-0.1, -0.05) is 0 Å². The van der Waals surface area contributed by atoms with Gasteiger partial charge in [-0.2, -0.15) is 13.2 Å². The molecule has 0 saturated heterocycles. The lowest BCUT2D eigenvalue weighted by atomic mass is 10.0. The van der Waals surface area contributed by atoms with Gasteiger partial charge in [-0.25, -0.2) is 0 Å². The van der Waals surface area contributed by atoms with Crippen LogP contribution < -0.4 is 9.47 Å². The van der Waals surface area contributed by atoms with Crippen molar-refractivity contribution in [2.24, 2.45) is 0 Å². The summed E-state index contributed by atoms with van der Waals surface area (Å²) in [6.45, 7) is -1.72. The largest absolute Gasteiger partial charge is 0.496 e. The molecule has 2 rings (SSSR count). The van der Waals surface area contributed by atoms with Gasteiger partial charge in [-0.3, -0.25) is 4.98 Å². The van der Waals surface area contributed by atoms with Crippen molar-refractivity contribution < 1.29 is 27.8 Å². The number of ether oxygens (including phenoxy) is 2. The summed E-state index contributed by atoms with van der Waals surface area (Å²) >= 11 is 0. The van der Waals surface area contributed by atoms with Gasteiger partial charge in [0.15, 0.2) is 6.61 Å². The highest BCUT2D eigenvalue weighted by molar-refractivity contribution is 5.71. The second kappa shape index (κ2) is 6.65. The van der Waals surface area contributed by atoms with Crippen molar-refractivity contribution in [3.05, 3.63) is 42.2 Å². The molecule has 0 atom stereocenters. The number of benzene rings is 1. The Balaban J connectivity index is 2.39. The smallest absolute Gasteiger partial charge is 0.422 e. The molecule has 1 aromatic heterocycles. The molecule has 0 aliphatic heterocycles. The molecule has 0 aliphatic carbocycles. The number of aromatic nitrogens is 1. The molecule has 0 unspecified atom stereocenters. The summed E-state index contributed by atoms with van der Waals surface area (Å²) < 4.78 is 46.7. The van der Waals surface area contributed by atoms with Crippen molar-refractivity contribution in [3.63, 3.8) is 0 Å². The molecule has 1 aromatic carbocycles. The summed E-state index contributed by atoms with van der Waals surface area (Å²) in [5.41, 5.74) is 1.58. The molecule has 0 radical (unpaired) electrons. The van der Waals surface area contributed by atoms with E-state index in [0.717, 1.165) is 0 Å². The van der Waals surface area contributed by atoms with Crippen LogP contribution in [-0.4, -0.2) is 30.0 Å². The van der Waals surface area contributed by atoms with Crippen LogP contribution in [0.4, 0.5) is 13.2 Å². The van der Waals surface area contributed by atoms with Crippen molar-refractivity contribution in [1.82, 2.24) is 4.98 Å². The van der Waals surface area contributed by atoms with Crippen LogP contribution in [-0.2, 0) is 6.61 Å². The van der Waals surface area contributed by atoms with Crippen molar-refractivity contribution in [1.29, 1.82) is 0 Å². The van der Waals surface area contributed by atoms with Gasteiger partial charge in [-0.15, -0.1) is 0 Å². The predicted octanol–water partition coefficient (Wildman–Crippen LogP) is 3.19. The number of aliphatic hydroxyl groups is 1. The molecule has 0 bridgehead atoms. The maximum absolute atomic E-state index is 12.3. The van der Waals surface area contributed by atoms with Crippen LogP contribution in [0.5, 0.6) is 11.5 Å². The maximum atomic E-state index is 12.3. The zero-order valence-electron chi connectivity index (χ0n) is 11.7. The quantitative estimate of drug-likeness (QED) is 0.921. The SMILES string of the molecule is COc1ccncc1-c1cc(CO)cc(OCC(F)(F)F)c1. The monoisotopic (exact) mass is 313 g/mol. The Labute approximate surface area is 125 Å². The van der Waals surface area contributed by atoms with E-state index < -0.39 is 12.8 Å². The zero-order valence-corrected chi connectivity index (χ0v) is 11.7. The first-order valence-electron chi connectivity index (χ1n) is 6.35. The fourth-order valence-corrected chi connectivity index (χ4v) is 1.93. The van der Waals surface area contributed by atoms with Gasteiger partial charge in [0.1, 0.15) is 11.5 Å². The van der Waals surface area contributed by atoms with E-state index in [1.807, 2.05) is 0 Å². The maximum Gasteiger partial charge on any atom is 0.422 e. The fourth-order valence-electron chi connectivity index (χ4n) is 1.93. The van der Waals surface area contributed by atoms with E-state index in [0.29, 0.717) is 22.4 Å². The number of methoxy groups -OCH3 is 1. The van der Waals surface area contributed by atoms with Gasteiger partial charge in [0.25, 0.3) is 0 Å². The molecule has 0 aliphatic rings. The second-order valence-electron chi connectivity index (χ2n) is 4.50. The Kier molecular flexibility index (Phi) is 4.87. The minimum Gasteiger partial charge on any atom is -0.496 e. The van der Waals surface area contributed by atoms with Crippen LogP contribution in [0.1, 0.15) is 5.56 Å². The van der Waals surface area contributed by atoms with Crippen molar-refractivity contribution >= 4 is 0 Å². The molecule has 118 valence electrons. The fraction of sp³-hybridized carbons (Fsp3) is 0.267. The van der Waals surface area contributed by atoms with Crippen LogP contribution in [0.25, 0.3) is 11.1 Å².